The molecule has 0 heterocycles. The predicted molar refractivity (Wildman–Crippen MR) is 54.2 cm³/mol. The van der Waals surface area contributed by atoms with Crippen molar-refractivity contribution in [3.63, 3.8) is 0 Å². The molecule has 1 rings (SSSR count). The molecule has 0 N–H and O–H groups in total. The van der Waals surface area contributed by atoms with Crippen LogP contribution >= 0.6 is 27.5 Å². The first-order valence-corrected chi connectivity index (χ1v) is 5.27. The third-order valence-corrected chi connectivity index (χ3v) is 3.05. The SMILES string of the molecule is FC(F)C(F)(Br)c1ccc(C(F)(F)F)c(Cl)c1. The van der Waals surface area contributed by atoms with E-state index in [1.165, 1.54) is 0 Å². The summed E-state index contributed by atoms with van der Waals surface area (Å²) in [6.45, 7) is 0. The molecule has 17 heavy (non-hydrogen) atoms. The minimum Gasteiger partial charge on any atom is -0.220 e. The van der Waals surface area contributed by atoms with Crippen LogP contribution in [0.1, 0.15) is 11.1 Å². The Morgan fingerprint density at radius 3 is 2.00 bits per heavy atom. The van der Waals surface area contributed by atoms with Crippen molar-refractivity contribution in [2.24, 2.45) is 0 Å². The summed E-state index contributed by atoms with van der Waals surface area (Å²) in [4.78, 5) is 0. The van der Waals surface area contributed by atoms with Gasteiger partial charge in [0.2, 0.25) is 4.58 Å². The average Bonchev–Trinajstić information content (AvgIpc) is 2.15. The highest BCUT2D eigenvalue weighted by molar-refractivity contribution is 9.09. The smallest absolute Gasteiger partial charge is 0.220 e. The summed E-state index contributed by atoms with van der Waals surface area (Å²) in [7, 11) is 0. The van der Waals surface area contributed by atoms with Crippen molar-refractivity contribution < 1.29 is 26.3 Å². The first kappa shape index (κ1) is 14.6. The highest BCUT2D eigenvalue weighted by atomic mass is 79.9. The number of rotatable bonds is 2. The van der Waals surface area contributed by atoms with Crippen LogP contribution in [-0.4, -0.2) is 6.43 Å². The Morgan fingerprint density at radius 2 is 1.65 bits per heavy atom. The molecule has 0 amide bonds. The lowest BCUT2D eigenvalue weighted by Gasteiger charge is -2.19. The quantitative estimate of drug-likeness (QED) is 0.516. The van der Waals surface area contributed by atoms with Gasteiger partial charge in [-0.15, -0.1) is 0 Å². The lowest BCUT2D eigenvalue weighted by atomic mass is 10.1. The Morgan fingerprint density at radius 1 is 1.12 bits per heavy atom. The highest BCUT2D eigenvalue weighted by Crippen LogP contribution is 2.42. The second-order valence-electron chi connectivity index (χ2n) is 3.12. The van der Waals surface area contributed by atoms with E-state index in [1.54, 1.807) is 0 Å². The van der Waals surface area contributed by atoms with Crippen molar-refractivity contribution >= 4 is 27.5 Å². The minimum absolute atomic E-state index is 0.454. The topological polar surface area (TPSA) is 0 Å². The fraction of sp³-hybridized carbons (Fsp3) is 0.333. The van der Waals surface area contributed by atoms with Gasteiger partial charge >= 0.3 is 6.18 Å². The van der Waals surface area contributed by atoms with Crippen LogP contribution in [0.5, 0.6) is 0 Å². The number of benzene rings is 1. The van der Waals surface area contributed by atoms with Gasteiger partial charge in [0.25, 0.3) is 6.43 Å². The van der Waals surface area contributed by atoms with Crippen LogP contribution in [0, 0.1) is 0 Å². The maximum atomic E-state index is 13.4. The number of halogens is 8. The molecule has 1 atom stereocenters. The van der Waals surface area contributed by atoms with Gasteiger partial charge in [-0.1, -0.05) is 17.7 Å². The number of alkyl halides is 7. The van der Waals surface area contributed by atoms with Gasteiger partial charge in [-0.3, -0.25) is 0 Å². The second-order valence-corrected chi connectivity index (χ2v) is 4.68. The zero-order chi connectivity index (χ0) is 13.4. The van der Waals surface area contributed by atoms with Gasteiger partial charge in [0.1, 0.15) is 0 Å². The molecule has 0 nitrogen and oxygen atoms in total. The van der Waals surface area contributed by atoms with Crippen LogP contribution in [0.3, 0.4) is 0 Å². The first-order chi connectivity index (χ1) is 7.56. The van der Waals surface area contributed by atoms with Gasteiger partial charge in [-0.25, -0.2) is 13.2 Å². The summed E-state index contributed by atoms with van der Waals surface area (Å²) in [5, 5.41) is -0.836. The molecule has 1 unspecified atom stereocenters. The van der Waals surface area contributed by atoms with Gasteiger partial charge in [0.15, 0.2) is 0 Å². The molecule has 0 aliphatic heterocycles. The summed E-state index contributed by atoms with van der Waals surface area (Å²) in [6, 6.07) is 1.58. The molecule has 0 spiro atoms. The molecular formula is C9H4BrClF6. The van der Waals surface area contributed by atoms with Crippen molar-refractivity contribution in [2.75, 3.05) is 0 Å². The lowest BCUT2D eigenvalue weighted by Crippen LogP contribution is -2.21. The molecule has 0 fully saturated rings. The molecule has 8 heteroatoms. The van der Waals surface area contributed by atoms with E-state index in [2.05, 4.69) is 15.9 Å². The summed E-state index contributed by atoms with van der Waals surface area (Å²) >= 11 is 7.38. The molecule has 0 saturated carbocycles. The standard InChI is InChI=1S/C9H4BrClF6/c10-8(14,7(12)13)4-1-2-5(6(11)3-4)9(15,16)17/h1-3,7H. The Hall–Kier alpha value is -0.430. The van der Waals surface area contributed by atoms with Gasteiger partial charge in [-0.05, 0) is 28.1 Å². The third-order valence-electron chi connectivity index (χ3n) is 1.93. The van der Waals surface area contributed by atoms with E-state index in [9.17, 15) is 26.3 Å². The Balaban J connectivity index is 3.23. The van der Waals surface area contributed by atoms with E-state index in [1.807, 2.05) is 0 Å². The van der Waals surface area contributed by atoms with E-state index in [0.717, 1.165) is 0 Å². The van der Waals surface area contributed by atoms with Crippen LogP contribution in [0.15, 0.2) is 18.2 Å². The van der Waals surface area contributed by atoms with Crippen molar-refractivity contribution in [1.29, 1.82) is 0 Å². The van der Waals surface area contributed by atoms with E-state index >= 15 is 0 Å². The largest absolute Gasteiger partial charge is 0.417 e. The number of hydrogen-bond acceptors (Lipinski definition) is 0. The fourth-order valence-electron chi connectivity index (χ4n) is 1.08. The zero-order valence-electron chi connectivity index (χ0n) is 7.83. The normalized spacial score (nSPS) is 16.1. The van der Waals surface area contributed by atoms with E-state index in [4.69, 9.17) is 11.6 Å². The fourth-order valence-corrected chi connectivity index (χ4v) is 1.61. The Labute approximate surface area is 106 Å². The van der Waals surface area contributed by atoms with Crippen molar-refractivity contribution in [2.45, 2.75) is 17.2 Å². The first-order valence-electron chi connectivity index (χ1n) is 4.10. The molecule has 0 aliphatic carbocycles. The minimum atomic E-state index is -4.72. The van der Waals surface area contributed by atoms with E-state index in [-0.39, 0.29) is 0 Å². The molecule has 0 saturated heterocycles. The molecular weight excluding hydrogens is 337 g/mol. The molecule has 96 valence electrons. The monoisotopic (exact) mass is 340 g/mol. The summed E-state index contributed by atoms with van der Waals surface area (Å²) in [5.74, 6) is 0. The molecule has 1 aromatic carbocycles. The highest BCUT2D eigenvalue weighted by Gasteiger charge is 2.41. The van der Waals surface area contributed by atoms with Crippen molar-refractivity contribution in [3.05, 3.63) is 34.3 Å². The number of hydrogen-bond donors (Lipinski definition) is 0. The summed E-state index contributed by atoms with van der Waals surface area (Å²) < 4.78 is 71.6. The van der Waals surface area contributed by atoms with E-state index in [0.29, 0.717) is 18.2 Å². The van der Waals surface area contributed by atoms with Crippen LogP contribution < -0.4 is 0 Å². The van der Waals surface area contributed by atoms with Crippen LogP contribution in [-0.2, 0) is 10.8 Å². The summed E-state index contributed by atoms with van der Waals surface area (Å²) in [5.41, 5.74) is -1.88. The van der Waals surface area contributed by atoms with Crippen molar-refractivity contribution in [3.8, 4) is 0 Å². The van der Waals surface area contributed by atoms with Crippen LogP contribution in [0.2, 0.25) is 5.02 Å². The maximum Gasteiger partial charge on any atom is 0.417 e. The molecule has 1 aromatic rings. The van der Waals surface area contributed by atoms with Gasteiger partial charge in [0, 0.05) is 5.56 Å². The lowest BCUT2D eigenvalue weighted by molar-refractivity contribution is -0.137. The average molecular weight is 341 g/mol. The second kappa shape index (κ2) is 4.68. The molecule has 0 bridgehead atoms. The third kappa shape index (κ3) is 3.07. The molecule has 0 aromatic heterocycles. The maximum absolute atomic E-state index is 13.4. The summed E-state index contributed by atoms with van der Waals surface area (Å²) in [6.07, 6.45) is -8.15. The van der Waals surface area contributed by atoms with Gasteiger partial charge in [0.05, 0.1) is 10.6 Å². The predicted octanol–water partition coefficient (Wildman–Crippen LogP) is 5.14. The van der Waals surface area contributed by atoms with Crippen molar-refractivity contribution in [1.82, 2.24) is 0 Å². The van der Waals surface area contributed by atoms with Crippen LogP contribution in [0.25, 0.3) is 0 Å². The molecule has 0 radical (unpaired) electrons. The zero-order valence-corrected chi connectivity index (χ0v) is 10.2. The van der Waals surface area contributed by atoms with Crippen LogP contribution in [0.4, 0.5) is 26.3 Å². The van der Waals surface area contributed by atoms with Gasteiger partial charge < -0.3 is 0 Å². The molecule has 0 aliphatic rings. The Kier molecular flexibility index (Phi) is 4.03. The van der Waals surface area contributed by atoms with Gasteiger partial charge in [-0.2, -0.15) is 13.2 Å². The Bertz CT molecular complexity index is 414. The van der Waals surface area contributed by atoms with E-state index < -0.39 is 33.3 Å².